The van der Waals surface area contributed by atoms with E-state index < -0.39 is 0 Å². The predicted molar refractivity (Wildman–Crippen MR) is 58.1 cm³/mol. The molecule has 0 aliphatic rings. The highest BCUT2D eigenvalue weighted by molar-refractivity contribution is 5.11. The molecule has 0 saturated heterocycles. The fraction of sp³-hybridized carbons (Fsp3) is 0.700. The van der Waals surface area contributed by atoms with Crippen molar-refractivity contribution in [1.82, 2.24) is 15.1 Å². The van der Waals surface area contributed by atoms with Gasteiger partial charge in [0.1, 0.15) is 6.61 Å². The molecule has 0 amide bonds. The molecule has 0 aromatic carbocycles. The summed E-state index contributed by atoms with van der Waals surface area (Å²) in [6.07, 6.45) is 3.56. The molecular formula is C10H19N3O2. The summed E-state index contributed by atoms with van der Waals surface area (Å²) in [6, 6.07) is 0. The maximum absolute atomic E-state index is 5.45. The zero-order valence-corrected chi connectivity index (χ0v) is 9.40. The summed E-state index contributed by atoms with van der Waals surface area (Å²) in [5, 5.41) is 7.23. The van der Waals surface area contributed by atoms with Gasteiger partial charge in [-0.15, -0.1) is 0 Å². The largest absolute Gasteiger partial charge is 0.489 e. The highest BCUT2D eigenvalue weighted by Gasteiger charge is 1.95. The standard InChI is InChI=1S/C10H19N3O2/c1-3-14-6-4-11-5-7-15-10-8-12-13(2)9-10/h8-9,11H,3-7H2,1-2H3. The molecule has 1 rings (SSSR count). The van der Waals surface area contributed by atoms with Crippen molar-refractivity contribution in [3.63, 3.8) is 0 Å². The molecule has 0 fully saturated rings. The Balaban J connectivity index is 1.93. The normalized spacial score (nSPS) is 10.5. The minimum atomic E-state index is 0.651. The molecule has 1 heterocycles. The van der Waals surface area contributed by atoms with Gasteiger partial charge in [0.05, 0.1) is 19.0 Å². The van der Waals surface area contributed by atoms with E-state index in [0.717, 1.165) is 32.1 Å². The first-order valence-electron chi connectivity index (χ1n) is 5.23. The van der Waals surface area contributed by atoms with E-state index in [1.54, 1.807) is 10.9 Å². The van der Waals surface area contributed by atoms with Crippen LogP contribution < -0.4 is 10.1 Å². The van der Waals surface area contributed by atoms with Crippen molar-refractivity contribution in [3.8, 4) is 5.75 Å². The number of nitrogens with zero attached hydrogens (tertiary/aromatic N) is 2. The highest BCUT2D eigenvalue weighted by Crippen LogP contribution is 2.05. The van der Waals surface area contributed by atoms with Crippen LogP contribution in [0.5, 0.6) is 5.75 Å². The molecule has 0 radical (unpaired) electrons. The molecule has 5 heteroatoms. The maximum Gasteiger partial charge on any atom is 0.157 e. The lowest BCUT2D eigenvalue weighted by molar-refractivity contribution is 0.148. The van der Waals surface area contributed by atoms with Crippen molar-refractivity contribution in [2.24, 2.45) is 7.05 Å². The average Bonchev–Trinajstić information content (AvgIpc) is 2.63. The zero-order valence-electron chi connectivity index (χ0n) is 9.40. The molecule has 0 aliphatic carbocycles. The van der Waals surface area contributed by atoms with Crippen LogP contribution in [0.3, 0.4) is 0 Å². The molecule has 0 bridgehead atoms. The first-order valence-corrected chi connectivity index (χ1v) is 5.23. The SMILES string of the molecule is CCOCCNCCOc1cnn(C)c1. The Morgan fingerprint density at radius 1 is 1.40 bits per heavy atom. The van der Waals surface area contributed by atoms with E-state index in [2.05, 4.69) is 10.4 Å². The van der Waals surface area contributed by atoms with Crippen molar-refractivity contribution in [3.05, 3.63) is 12.4 Å². The minimum absolute atomic E-state index is 0.651. The Hall–Kier alpha value is -1.07. The van der Waals surface area contributed by atoms with Gasteiger partial charge in [-0.1, -0.05) is 0 Å². The van der Waals surface area contributed by atoms with E-state index in [1.807, 2.05) is 20.2 Å². The molecule has 1 aromatic rings. The van der Waals surface area contributed by atoms with Gasteiger partial charge in [-0.3, -0.25) is 4.68 Å². The van der Waals surface area contributed by atoms with Crippen LogP contribution in [0.25, 0.3) is 0 Å². The van der Waals surface area contributed by atoms with Crippen molar-refractivity contribution in [2.75, 3.05) is 32.9 Å². The van der Waals surface area contributed by atoms with Crippen LogP contribution in [0.4, 0.5) is 0 Å². The zero-order chi connectivity index (χ0) is 10.9. The summed E-state index contributed by atoms with van der Waals surface area (Å²) in [5.74, 6) is 0.809. The summed E-state index contributed by atoms with van der Waals surface area (Å²) < 4.78 is 12.4. The van der Waals surface area contributed by atoms with Crippen LogP contribution in [-0.4, -0.2) is 42.7 Å². The summed E-state index contributed by atoms with van der Waals surface area (Å²) in [6.45, 7) is 5.85. The van der Waals surface area contributed by atoms with Gasteiger partial charge in [0.2, 0.25) is 0 Å². The van der Waals surface area contributed by atoms with Crippen LogP contribution in [0, 0.1) is 0 Å². The number of hydrogen-bond acceptors (Lipinski definition) is 4. The molecule has 0 atom stereocenters. The second-order valence-corrected chi connectivity index (χ2v) is 3.15. The van der Waals surface area contributed by atoms with Gasteiger partial charge in [-0.25, -0.2) is 0 Å². The lowest BCUT2D eigenvalue weighted by atomic mass is 10.6. The third kappa shape index (κ3) is 5.39. The van der Waals surface area contributed by atoms with Crippen molar-refractivity contribution < 1.29 is 9.47 Å². The smallest absolute Gasteiger partial charge is 0.157 e. The molecule has 15 heavy (non-hydrogen) atoms. The Morgan fingerprint density at radius 2 is 2.20 bits per heavy atom. The van der Waals surface area contributed by atoms with E-state index in [4.69, 9.17) is 9.47 Å². The molecular weight excluding hydrogens is 194 g/mol. The van der Waals surface area contributed by atoms with E-state index in [1.165, 1.54) is 0 Å². The number of aryl methyl sites for hydroxylation is 1. The average molecular weight is 213 g/mol. The monoisotopic (exact) mass is 213 g/mol. The minimum Gasteiger partial charge on any atom is -0.489 e. The fourth-order valence-electron chi connectivity index (χ4n) is 1.13. The number of aromatic nitrogens is 2. The predicted octanol–water partition coefficient (Wildman–Crippen LogP) is 0.425. The summed E-state index contributed by atoms with van der Waals surface area (Å²) in [5.41, 5.74) is 0. The second-order valence-electron chi connectivity index (χ2n) is 3.15. The molecule has 1 aromatic heterocycles. The number of hydrogen-bond donors (Lipinski definition) is 1. The number of nitrogens with one attached hydrogen (secondary N) is 1. The lowest BCUT2D eigenvalue weighted by Gasteiger charge is -2.05. The Morgan fingerprint density at radius 3 is 2.87 bits per heavy atom. The Bertz CT molecular complexity index is 263. The van der Waals surface area contributed by atoms with E-state index in [9.17, 15) is 0 Å². The van der Waals surface area contributed by atoms with Gasteiger partial charge in [0.25, 0.3) is 0 Å². The van der Waals surface area contributed by atoms with Crippen molar-refractivity contribution in [2.45, 2.75) is 6.92 Å². The molecule has 0 saturated carbocycles. The van der Waals surface area contributed by atoms with Gasteiger partial charge in [-0.2, -0.15) is 5.10 Å². The molecule has 1 N–H and O–H groups in total. The molecule has 86 valence electrons. The van der Waals surface area contributed by atoms with Crippen molar-refractivity contribution in [1.29, 1.82) is 0 Å². The van der Waals surface area contributed by atoms with E-state index >= 15 is 0 Å². The number of ether oxygens (including phenoxy) is 2. The quantitative estimate of drug-likeness (QED) is 0.636. The van der Waals surface area contributed by atoms with Gasteiger partial charge in [0, 0.05) is 26.7 Å². The van der Waals surface area contributed by atoms with Gasteiger partial charge >= 0.3 is 0 Å². The van der Waals surface area contributed by atoms with E-state index in [-0.39, 0.29) is 0 Å². The summed E-state index contributed by atoms with van der Waals surface area (Å²) in [7, 11) is 1.87. The summed E-state index contributed by atoms with van der Waals surface area (Å²) >= 11 is 0. The highest BCUT2D eigenvalue weighted by atomic mass is 16.5. The third-order valence-corrected chi connectivity index (χ3v) is 1.86. The third-order valence-electron chi connectivity index (χ3n) is 1.86. The van der Waals surface area contributed by atoms with Gasteiger partial charge < -0.3 is 14.8 Å². The molecule has 0 aliphatic heterocycles. The lowest BCUT2D eigenvalue weighted by Crippen LogP contribution is -2.24. The molecule has 0 unspecified atom stereocenters. The topological polar surface area (TPSA) is 48.3 Å². The van der Waals surface area contributed by atoms with Crippen LogP contribution in [0.1, 0.15) is 6.92 Å². The fourth-order valence-corrected chi connectivity index (χ4v) is 1.13. The van der Waals surface area contributed by atoms with Crippen LogP contribution in [-0.2, 0) is 11.8 Å². The molecule has 0 spiro atoms. The Kier molecular flexibility index (Phi) is 5.80. The maximum atomic E-state index is 5.45. The van der Waals surface area contributed by atoms with E-state index in [0.29, 0.717) is 6.61 Å². The molecule has 5 nitrogen and oxygen atoms in total. The Labute approximate surface area is 90.4 Å². The van der Waals surface area contributed by atoms with Crippen LogP contribution in [0.15, 0.2) is 12.4 Å². The second kappa shape index (κ2) is 7.25. The van der Waals surface area contributed by atoms with Crippen LogP contribution in [0.2, 0.25) is 0 Å². The summed E-state index contributed by atoms with van der Waals surface area (Å²) in [4.78, 5) is 0. The van der Waals surface area contributed by atoms with Crippen molar-refractivity contribution >= 4 is 0 Å². The first-order chi connectivity index (χ1) is 7.33. The van der Waals surface area contributed by atoms with Gasteiger partial charge in [0.15, 0.2) is 5.75 Å². The number of rotatable bonds is 8. The van der Waals surface area contributed by atoms with Crippen LogP contribution >= 0.6 is 0 Å². The first kappa shape index (κ1) is 12.0. The van der Waals surface area contributed by atoms with Gasteiger partial charge in [-0.05, 0) is 6.92 Å².